The van der Waals surface area contributed by atoms with Crippen LogP contribution >= 0.6 is 0 Å². The average molecular weight is 343 g/mol. The van der Waals surface area contributed by atoms with E-state index in [0.29, 0.717) is 11.4 Å². The number of nitrogens with one attached hydrogen (secondary N) is 2. The van der Waals surface area contributed by atoms with E-state index in [9.17, 15) is 22.8 Å². The van der Waals surface area contributed by atoms with E-state index in [1.165, 1.54) is 0 Å². The van der Waals surface area contributed by atoms with E-state index >= 15 is 0 Å². The number of carbonyl (C=O) groups is 2. The average Bonchev–Trinajstić information content (AvgIpc) is 2.85. The summed E-state index contributed by atoms with van der Waals surface area (Å²) in [5.41, 5.74) is 1.86. The Morgan fingerprint density at radius 3 is 2.96 bits per heavy atom. The number of morpholine rings is 1. The lowest BCUT2D eigenvalue weighted by atomic mass is 10.1. The van der Waals surface area contributed by atoms with Gasteiger partial charge < -0.3 is 15.4 Å². The number of rotatable bonds is 3. The van der Waals surface area contributed by atoms with Crippen molar-refractivity contribution in [2.45, 2.75) is 18.6 Å². The van der Waals surface area contributed by atoms with E-state index in [4.69, 9.17) is 4.74 Å². The predicted molar refractivity (Wildman–Crippen MR) is 79.6 cm³/mol. The molecule has 1 aromatic rings. The van der Waals surface area contributed by atoms with Crippen molar-refractivity contribution in [1.82, 2.24) is 4.90 Å². The van der Waals surface area contributed by atoms with Gasteiger partial charge in [0.2, 0.25) is 11.8 Å². The molecule has 0 saturated carbocycles. The minimum absolute atomic E-state index is 0.0419. The molecule has 2 aliphatic rings. The summed E-state index contributed by atoms with van der Waals surface area (Å²) in [5, 5.41) is 5.27. The second-order valence-corrected chi connectivity index (χ2v) is 5.76. The van der Waals surface area contributed by atoms with Crippen LogP contribution in [0.1, 0.15) is 5.56 Å². The first-order valence-corrected chi connectivity index (χ1v) is 7.44. The number of anilines is 2. The van der Waals surface area contributed by atoms with Crippen LogP contribution in [0, 0.1) is 0 Å². The first-order chi connectivity index (χ1) is 11.3. The Morgan fingerprint density at radius 1 is 1.42 bits per heavy atom. The molecule has 0 aromatic heterocycles. The van der Waals surface area contributed by atoms with Crippen molar-refractivity contribution < 1.29 is 27.5 Å². The molecule has 9 heteroatoms. The molecular weight excluding hydrogens is 327 g/mol. The van der Waals surface area contributed by atoms with Crippen LogP contribution in [-0.4, -0.2) is 55.2 Å². The molecule has 2 amide bonds. The Hall–Kier alpha value is -2.13. The summed E-state index contributed by atoms with van der Waals surface area (Å²) in [4.78, 5) is 24.7. The van der Waals surface area contributed by atoms with E-state index in [0.717, 1.165) is 10.5 Å². The van der Waals surface area contributed by atoms with Crippen molar-refractivity contribution in [3.8, 4) is 0 Å². The lowest BCUT2D eigenvalue weighted by molar-refractivity contribution is -0.165. The van der Waals surface area contributed by atoms with Crippen molar-refractivity contribution in [1.29, 1.82) is 0 Å². The van der Waals surface area contributed by atoms with Crippen molar-refractivity contribution in [3.63, 3.8) is 0 Å². The summed E-state index contributed by atoms with van der Waals surface area (Å²) >= 11 is 0. The number of hydrogen-bond donors (Lipinski definition) is 2. The summed E-state index contributed by atoms with van der Waals surface area (Å²) in [6.07, 6.45) is -4.17. The van der Waals surface area contributed by atoms with Crippen LogP contribution in [0.2, 0.25) is 0 Å². The molecule has 0 unspecified atom stereocenters. The van der Waals surface area contributed by atoms with Crippen molar-refractivity contribution in [3.05, 3.63) is 23.8 Å². The number of carbonyl (C=O) groups excluding carboxylic acids is 2. The zero-order chi connectivity index (χ0) is 17.3. The van der Waals surface area contributed by atoms with Gasteiger partial charge in [-0.25, -0.2) is 0 Å². The minimum atomic E-state index is -4.38. The highest BCUT2D eigenvalue weighted by Crippen LogP contribution is 2.26. The van der Waals surface area contributed by atoms with E-state index < -0.39 is 24.7 Å². The van der Waals surface area contributed by atoms with Crippen LogP contribution in [0.4, 0.5) is 24.5 Å². The number of hydrogen-bond acceptors (Lipinski definition) is 4. The summed E-state index contributed by atoms with van der Waals surface area (Å²) in [6, 6.07) is 3.89. The third-order valence-electron chi connectivity index (χ3n) is 3.92. The third-order valence-corrected chi connectivity index (χ3v) is 3.92. The quantitative estimate of drug-likeness (QED) is 0.870. The van der Waals surface area contributed by atoms with Crippen LogP contribution in [0.15, 0.2) is 18.2 Å². The summed E-state index contributed by atoms with van der Waals surface area (Å²) in [6.45, 7) is -1.04. The molecule has 2 heterocycles. The largest absolute Gasteiger partial charge is 0.401 e. The molecule has 2 aliphatic heterocycles. The Bertz CT molecular complexity index is 663. The maximum absolute atomic E-state index is 12.6. The van der Waals surface area contributed by atoms with Crippen LogP contribution < -0.4 is 10.6 Å². The zero-order valence-corrected chi connectivity index (χ0v) is 12.7. The normalized spacial score (nSPS) is 21.3. The maximum Gasteiger partial charge on any atom is 0.401 e. The standard InChI is InChI=1S/C15H16F3N3O3/c16-15(17,18)8-21-3-4-24-7-12(21)14(23)19-10-1-2-11-9(5-10)6-13(22)20-11/h1-2,5,12H,3-4,6-8H2,(H,19,23)(H,20,22)/t12-/m0/s1. The first-order valence-electron chi connectivity index (χ1n) is 7.44. The van der Waals surface area contributed by atoms with Gasteiger partial charge >= 0.3 is 6.18 Å². The molecule has 0 bridgehead atoms. The van der Waals surface area contributed by atoms with Crippen LogP contribution in [-0.2, 0) is 20.7 Å². The second kappa shape index (κ2) is 6.40. The minimum Gasteiger partial charge on any atom is -0.378 e. The number of fused-ring (bicyclic) bond motifs is 1. The molecule has 0 aliphatic carbocycles. The lowest BCUT2D eigenvalue weighted by Gasteiger charge is -2.34. The fourth-order valence-corrected chi connectivity index (χ4v) is 2.83. The molecule has 2 N–H and O–H groups in total. The molecule has 6 nitrogen and oxygen atoms in total. The number of halogens is 3. The van der Waals surface area contributed by atoms with Crippen molar-refractivity contribution in [2.75, 3.05) is 36.9 Å². The van der Waals surface area contributed by atoms with Crippen molar-refractivity contribution in [2.24, 2.45) is 0 Å². The molecule has 1 fully saturated rings. The highest BCUT2D eigenvalue weighted by atomic mass is 19.4. The molecule has 1 saturated heterocycles. The fourth-order valence-electron chi connectivity index (χ4n) is 2.83. The SMILES string of the molecule is O=C1Cc2cc(NC(=O)[C@@H]3COCCN3CC(F)(F)F)ccc2N1. The van der Waals surface area contributed by atoms with Gasteiger partial charge in [0.1, 0.15) is 6.04 Å². The molecule has 24 heavy (non-hydrogen) atoms. The number of ether oxygens (including phenoxy) is 1. The monoisotopic (exact) mass is 343 g/mol. The molecule has 1 aromatic carbocycles. The Kier molecular flexibility index (Phi) is 4.46. The number of amides is 2. The Balaban J connectivity index is 1.69. The smallest absolute Gasteiger partial charge is 0.378 e. The number of benzene rings is 1. The molecule has 0 radical (unpaired) electrons. The van der Waals surface area contributed by atoms with E-state index in [-0.39, 0.29) is 32.1 Å². The number of nitrogens with zero attached hydrogens (tertiary/aromatic N) is 1. The van der Waals surface area contributed by atoms with Gasteiger partial charge in [-0.05, 0) is 23.8 Å². The van der Waals surface area contributed by atoms with Crippen LogP contribution in [0.3, 0.4) is 0 Å². The molecule has 130 valence electrons. The predicted octanol–water partition coefficient (Wildman–Crippen LogP) is 1.38. The summed E-state index contributed by atoms with van der Waals surface area (Å²) in [7, 11) is 0. The first kappa shape index (κ1) is 16.7. The van der Waals surface area contributed by atoms with Gasteiger partial charge in [0.05, 0.1) is 26.2 Å². The third kappa shape index (κ3) is 3.85. The topological polar surface area (TPSA) is 70.7 Å². The highest BCUT2D eigenvalue weighted by molar-refractivity contribution is 6.01. The molecular formula is C15H16F3N3O3. The summed E-state index contributed by atoms with van der Waals surface area (Å²) < 4.78 is 43.1. The van der Waals surface area contributed by atoms with Crippen molar-refractivity contribution >= 4 is 23.2 Å². The second-order valence-electron chi connectivity index (χ2n) is 5.76. The van der Waals surface area contributed by atoms with Gasteiger partial charge in [-0.15, -0.1) is 0 Å². The summed E-state index contributed by atoms with van der Waals surface area (Å²) in [5.74, 6) is -0.693. The molecule has 3 rings (SSSR count). The number of alkyl halides is 3. The Labute approximate surface area is 135 Å². The van der Waals surface area contributed by atoms with E-state index in [1.807, 2.05) is 0 Å². The van der Waals surface area contributed by atoms with Gasteiger partial charge in [0.15, 0.2) is 0 Å². The van der Waals surface area contributed by atoms with Gasteiger partial charge in [0.25, 0.3) is 0 Å². The van der Waals surface area contributed by atoms with E-state index in [2.05, 4.69) is 10.6 Å². The molecule has 0 spiro atoms. The zero-order valence-electron chi connectivity index (χ0n) is 12.7. The van der Waals surface area contributed by atoms with Gasteiger partial charge in [-0.3, -0.25) is 14.5 Å². The van der Waals surface area contributed by atoms with E-state index in [1.54, 1.807) is 18.2 Å². The maximum atomic E-state index is 12.6. The van der Waals surface area contributed by atoms with Crippen LogP contribution in [0.25, 0.3) is 0 Å². The fraction of sp³-hybridized carbons (Fsp3) is 0.467. The van der Waals surface area contributed by atoms with Crippen LogP contribution in [0.5, 0.6) is 0 Å². The highest BCUT2D eigenvalue weighted by Gasteiger charge is 2.38. The van der Waals surface area contributed by atoms with Gasteiger partial charge in [-0.2, -0.15) is 13.2 Å². The lowest BCUT2D eigenvalue weighted by Crippen LogP contribution is -2.54. The van der Waals surface area contributed by atoms with Gasteiger partial charge in [0, 0.05) is 17.9 Å². The Morgan fingerprint density at radius 2 is 2.21 bits per heavy atom. The molecule has 1 atom stereocenters. The van der Waals surface area contributed by atoms with Gasteiger partial charge in [-0.1, -0.05) is 0 Å².